The van der Waals surface area contributed by atoms with E-state index < -0.39 is 17.6 Å². The van der Waals surface area contributed by atoms with Crippen LogP contribution in [0.25, 0.3) is 0 Å². The third-order valence-electron chi connectivity index (χ3n) is 2.55. The van der Waals surface area contributed by atoms with Crippen molar-refractivity contribution in [3.8, 4) is 0 Å². The summed E-state index contributed by atoms with van der Waals surface area (Å²) in [7, 11) is 0. The highest BCUT2D eigenvalue weighted by atomic mass is 16.4. The van der Waals surface area contributed by atoms with Gasteiger partial charge in [-0.05, 0) is 32.4 Å². The quantitative estimate of drug-likeness (QED) is 0.663. The SMILES string of the molecule is Cc1[nH]c(=O)nc(C(CCN)C(=O)O)c1C. The fraction of sp³-hybridized carbons (Fsp3) is 0.500. The van der Waals surface area contributed by atoms with Crippen LogP contribution in [-0.2, 0) is 4.79 Å². The van der Waals surface area contributed by atoms with Crippen molar-refractivity contribution in [2.45, 2.75) is 26.2 Å². The minimum atomic E-state index is -1.01. The van der Waals surface area contributed by atoms with E-state index in [9.17, 15) is 9.59 Å². The molecule has 16 heavy (non-hydrogen) atoms. The number of hydrogen-bond acceptors (Lipinski definition) is 4. The largest absolute Gasteiger partial charge is 0.481 e. The van der Waals surface area contributed by atoms with Crippen molar-refractivity contribution < 1.29 is 9.90 Å². The number of carboxylic acids is 1. The lowest BCUT2D eigenvalue weighted by Crippen LogP contribution is -2.24. The number of hydrogen-bond donors (Lipinski definition) is 3. The number of nitrogens with zero attached hydrogens (tertiary/aromatic N) is 1. The molecule has 0 spiro atoms. The molecule has 1 aromatic rings. The van der Waals surface area contributed by atoms with E-state index in [1.54, 1.807) is 13.8 Å². The molecule has 1 unspecified atom stereocenters. The molecule has 0 aliphatic carbocycles. The Hall–Kier alpha value is -1.69. The van der Waals surface area contributed by atoms with Crippen molar-refractivity contribution in [1.82, 2.24) is 9.97 Å². The van der Waals surface area contributed by atoms with Gasteiger partial charge in [-0.1, -0.05) is 0 Å². The minimum absolute atomic E-state index is 0.240. The van der Waals surface area contributed by atoms with Crippen LogP contribution in [0.1, 0.15) is 29.3 Å². The van der Waals surface area contributed by atoms with E-state index in [0.717, 1.165) is 0 Å². The molecule has 1 heterocycles. The van der Waals surface area contributed by atoms with E-state index in [2.05, 4.69) is 9.97 Å². The van der Waals surface area contributed by atoms with E-state index in [0.29, 0.717) is 17.0 Å². The Morgan fingerprint density at radius 2 is 2.19 bits per heavy atom. The maximum Gasteiger partial charge on any atom is 0.345 e. The van der Waals surface area contributed by atoms with Crippen LogP contribution in [0.3, 0.4) is 0 Å². The van der Waals surface area contributed by atoms with Crippen LogP contribution in [0.2, 0.25) is 0 Å². The highest BCUT2D eigenvalue weighted by Gasteiger charge is 2.23. The second kappa shape index (κ2) is 4.89. The van der Waals surface area contributed by atoms with Gasteiger partial charge in [-0.25, -0.2) is 4.79 Å². The molecule has 0 saturated carbocycles. The lowest BCUT2D eigenvalue weighted by atomic mass is 9.97. The average molecular weight is 225 g/mol. The fourth-order valence-electron chi connectivity index (χ4n) is 1.55. The normalized spacial score (nSPS) is 12.4. The number of H-pyrrole nitrogens is 1. The molecule has 0 amide bonds. The molecule has 0 saturated heterocycles. The van der Waals surface area contributed by atoms with Crippen LogP contribution in [0.15, 0.2) is 4.79 Å². The van der Waals surface area contributed by atoms with Crippen LogP contribution in [-0.4, -0.2) is 27.6 Å². The van der Waals surface area contributed by atoms with Gasteiger partial charge in [0.2, 0.25) is 0 Å². The lowest BCUT2D eigenvalue weighted by Gasteiger charge is -2.13. The molecule has 0 aliphatic rings. The standard InChI is InChI=1S/C10H15N3O3/c1-5-6(2)12-10(16)13-8(5)7(3-4-11)9(14)15/h7H,3-4,11H2,1-2H3,(H,14,15)(H,12,13,16). The van der Waals surface area contributed by atoms with Gasteiger partial charge in [0.1, 0.15) is 5.92 Å². The molecule has 88 valence electrons. The van der Waals surface area contributed by atoms with E-state index in [1.165, 1.54) is 0 Å². The summed E-state index contributed by atoms with van der Waals surface area (Å²) in [6, 6.07) is 0. The summed E-state index contributed by atoms with van der Waals surface area (Å²) in [5.74, 6) is -1.82. The summed E-state index contributed by atoms with van der Waals surface area (Å²) in [5, 5.41) is 9.06. The van der Waals surface area contributed by atoms with Gasteiger partial charge in [-0.15, -0.1) is 0 Å². The number of carboxylic acid groups (broad SMARTS) is 1. The maximum absolute atomic E-state index is 11.2. The van der Waals surface area contributed by atoms with E-state index in [-0.39, 0.29) is 13.0 Å². The molecule has 4 N–H and O–H groups in total. The Kier molecular flexibility index (Phi) is 3.78. The van der Waals surface area contributed by atoms with Crippen molar-refractivity contribution >= 4 is 5.97 Å². The first-order valence-electron chi connectivity index (χ1n) is 4.97. The summed E-state index contributed by atoms with van der Waals surface area (Å²) in [6.07, 6.45) is 0.270. The number of rotatable bonds is 4. The summed E-state index contributed by atoms with van der Waals surface area (Å²) in [6.45, 7) is 3.69. The number of aromatic amines is 1. The third-order valence-corrected chi connectivity index (χ3v) is 2.55. The van der Waals surface area contributed by atoms with Crippen LogP contribution in [0, 0.1) is 13.8 Å². The molecule has 6 nitrogen and oxygen atoms in total. The Bertz CT molecular complexity index is 453. The predicted octanol–water partition coefficient (Wildman–Crippen LogP) is -0.0963. The molecule has 1 rings (SSSR count). The van der Waals surface area contributed by atoms with Gasteiger partial charge in [0.25, 0.3) is 0 Å². The van der Waals surface area contributed by atoms with Gasteiger partial charge in [0.05, 0.1) is 5.69 Å². The number of aromatic nitrogens is 2. The van der Waals surface area contributed by atoms with Gasteiger partial charge in [-0.2, -0.15) is 4.98 Å². The summed E-state index contributed by atoms with van der Waals surface area (Å²) in [5.41, 5.74) is 6.46. The molecule has 0 fully saturated rings. The topological polar surface area (TPSA) is 109 Å². The summed E-state index contributed by atoms with van der Waals surface area (Å²) >= 11 is 0. The summed E-state index contributed by atoms with van der Waals surface area (Å²) in [4.78, 5) is 28.5. The van der Waals surface area contributed by atoms with Crippen LogP contribution in [0.5, 0.6) is 0 Å². The van der Waals surface area contributed by atoms with Crippen LogP contribution < -0.4 is 11.4 Å². The molecule has 1 atom stereocenters. The van der Waals surface area contributed by atoms with Crippen molar-refractivity contribution in [1.29, 1.82) is 0 Å². The van der Waals surface area contributed by atoms with Gasteiger partial charge >= 0.3 is 11.7 Å². The van der Waals surface area contributed by atoms with Crippen LogP contribution in [0.4, 0.5) is 0 Å². The zero-order valence-electron chi connectivity index (χ0n) is 9.28. The monoisotopic (exact) mass is 225 g/mol. The zero-order valence-corrected chi connectivity index (χ0v) is 9.28. The second-order valence-corrected chi connectivity index (χ2v) is 3.65. The van der Waals surface area contributed by atoms with Gasteiger partial charge in [-0.3, -0.25) is 4.79 Å². The molecule has 6 heteroatoms. The third kappa shape index (κ3) is 2.46. The molecule has 0 aliphatic heterocycles. The van der Waals surface area contributed by atoms with Gasteiger partial charge < -0.3 is 15.8 Å². The number of carbonyl (C=O) groups is 1. The Morgan fingerprint density at radius 1 is 1.56 bits per heavy atom. The maximum atomic E-state index is 11.2. The second-order valence-electron chi connectivity index (χ2n) is 3.65. The Labute approximate surface area is 92.5 Å². The van der Waals surface area contributed by atoms with Crippen molar-refractivity contribution in [2.24, 2.45) is 5.73 Å². The van der Waals surface area contributed by atoms with Crippen molar-refractivity contribution in [2.75, 3.05) is 6.54 Å². The molecular weight excluding hydrogens is 210 g/mol. The summed E-state index contributed by atoms with van der Waals surface area (Å²) < 4.78 is 0. The van der Waals surface area contributed by atoms with Crippen LogP contribution >= 0.6 is 0 Å². The van der Waals surface area contributed by atoms with E-state index in [1.807, 2.05) is 0 Å². The Morgan fingerprint density at radius 3 is 2.69 bits per heavy atom. The van der Waals surface area contributed by atoms with E-state index >= 15 is 0 Å². The molecular formula is C10H15N3O3. The van der Waals surface area contributed by atoms with E-state index in [4.69, 9.17) is 10.8 Å². The number of aliphatic carboxylic acids is 1. The average Bonchev–Trinajstić information content (AvgIpc) is 2.20. The first kappa shape index (κ1) is 12.4. The fourth-order valence-corrected chi connectivity index (χ4v) is 1.55. The highest BCUT2D eigenvalue weighted by molar-refractivity contribution is 5.75. The lowest BCUT2D eigenvalue weighted by molar-refractivity contribution is -0.139. The highest BCUT2D eigenvalue weighted by Crippen LogP contribution is 2.20. The molecule has 0 radical (unpaired) electrons. The molecule has 1 aromatic heterocycles. The first-order chi connectivity index (χ1) is 7.47. The first-order valence-corrected chi connectivity index (χ1v) is 4.97. The molecule has 0 bridgehead atoms. The predicted molar refractivity (Wildman–Crippen MR) is 58.4 cm³/mol. The zero-order chi connectivity index (χ0) is 12.3. The number of nitrogens with one attached hydrogen (secondary N) is 1. The minimum Gasteiger partial charge on any atom is -0.481 e. The van der Waals surface area contributed by atoms with Crippen molar-refractivity contribution in [3.63, 3.8) is 0 Å². The smallest absolute Gasteiger partial charge is 0.345 e. The molecule has 0 aromatic carbocycles. The van der Waals surface area contributed by atoms with Gasteiger partial charge in [0, 0.05) is 5.69 Å². The van der Waals surface area contributed by atoms with Crippen molar-refractivity contribution in [3.05, 3.63) is 27.4 Å². The van der Waals surface area contributed by atoms with Gasteiger partial charge in [0.15, 0.2) is 0 Å². The number of aryl methyl sites for hydroxylation is 1. The Balaban J connectivity index is 3.28. The number of nitrogens with two attached hydrogens (primary N) is 1.